The molecule has 30 heavy (non-hydrogen) atoms. The van der Waals surface area contributed by atoms with Crippen LogP contribution in [0, 0.1) is 11.3 Å². The van der Waals surface area contributed by atoms with Crippen molar-refractivity contribution in [3.05, 3.63) is 54.1 Å². The van der Waals surface area contributed by atoms with E-state index in [9.17, 15) is 5.26 Å². The van der Waals surface area contributed by atoms with E-state index < -0.39 is 0 Å². The number of rotatable bonds is 5. The van der Waals surface area contributed by atoms with Crippen molar-refractivity contribution in [2.45, 2.75) is 32.0 Å². The SMILES string of the molecule is CC.COC12CC1N=C(COc1ccc3oc(-c4ccccc4C#N)cc3c1)CN2. The molecule has 1 aliphatic carbocycles. The van der Waals surface area contributed by atoms with Gasteiger partial charge in [-0.3, -0.25) is 10.3 Å². The van der Waals surface area contributed by atoms with Crippen molar-refractivity contribution in [1.82, 2.24) is 5.32 Å². The second-order valence-corrected chi connectivity index (χ2v) is 7.12. The first kappa shape index (κ1) is 20.1. The summed E-state index contributed by atoms with van der Waals surface area (Å²) < 4.78 is 17.4. The molecule has 3 aromatic rings. The maximum Gasteiger partial charge on any atom is 0.144 e. The van der Waals surface area contributed by atoms with Crippen LogP contribution in [0.25, 0.3) is 22.3 Å². The molecule has 2 aromatic carbocycles. The highest BCUT2D eigenvalue weighted by Gasteiger charge is 2.57. The second-order valence-electron chi connectivity index (χ2n) is 7.12. The number of fused-ring (bicyclic) bond motifs is 2. The third-order valence-corrected chi connectivity index (χ3v) is 5.38. The highest BCUT2D eigenvalue weighted by atomic mass is 16.5. The number of hydrogen-bond donors (Lipinski definition) is 1. The molecule has 0 spiro atoms. The first-order chi connectivity index (χ1) is 14.7. The van der Waals surface area contributed by atoms with E-state index in [1.54, 1.807) is 13.2 Å². The smallest absolute Gasteiger partial charge is 0.144 e. The van der Waals surface area contributed by atoms with Crippen LogP contribution in [-0.2, 0) is 4.74 Å². The molecule has 1 fully saturated rings. The van der Waals surface area contributed by atoms with Gasteiger partial charge in [-0.1, -0.05) is 26.0 Å². The molecular formula is C24H25N3O3. The first-order valence-corrected chi connectivity index (χ1v) is 10.2. The predicted molar refractivity (Wildman–Crippen MR) is 117 cm³/mol. The summed E-state index contributed by atoms with van der Waals surface area (Å²) in [5.41, 5.74) is 2.89. The minimum Gasteiger partial charge on any atom is -0.488 e. The second kappa shape index (κ2) is 8.31. The topological polar surface area (TPSA) is 79.8 Å². The molecule has 1 saturated carbocycles. The molecule has 0 saturated heterocycles. The largest absolute Gasteiger partial charge is 0.488 e. The molecule has 0 radical (unpaired) electrons. The van der Waals surface area contributed by atoms with E-state index >= 15 is 0 Å². The number of hydrogen-bond acceptors (Lipinski definition) is 6. The predicted octanol–water partition coefficient (Wildman–Crippen LogP) is 4.54. The Balaban J connectivity index is 0.00000106. The van der Waals surface area contributed by atoms with E-state index in [1.807, 2.05) is 56.3 Å². The zero-order chi connectivity index (χ0) is 21.1. The van der Waals surface area contributed by atoms with Gasteiger partial charge in [0.15, 0.2) is 0 Å². The summed E-state index contributed by atoms with van der Waals surface area (Å²) in [4.78, 5) is 4.69. The fourth-order valence-corrected chi connectivity index (χ4v) is 3.67. The molecule has 2 atom stereocenters. The molecule has 1 N–H and O–H groups in total. The van der Waals surface area contributed by atoms with Crippen molar-refractivity contribution in [2.75, 3.05) is 20.3 Å². The lowest BCUT2D eigenvalue weighted by molar-refractivity contribution is 0.0470. The maximum absolute atomic E-state index is 9.31. The van der Waals surface area contributed by atoms with E-state index in [0.717, 1.165) is 34.4 Å². The quantitative estimate of drug-likeness (QED) is 0.677. The van der Waals surface area contributed by atoms with Crippen molar-refractivity contribution < 1.29 is 13.9 Å². The summed E-state index contributed by atoms with van der Waals surface area (Å²) >= 11 is 0. The Morgan fingerprint density at radius 2 is 2.07 bits per heavy atom. The summed E-state index contributed by atoms with van der Waals surface area (Å²) in [5.74, 6) is 1.44. The molecule has 2 heterocycles. The molecule has 1 aliphatic heterocycles. The van der Waals surface area contributed by atoms with Gasteiger partial charge in [0.2, 0.25) is 0 Å². The van der Waals surface area contributed by atoms with Crippen molar-refractivity contribution >= 4 is 16.7 Å². The van der Waals surface area contributed by atoms with Gasteiger partial charge in [0, 0.05) is 31.0 Å². The lowest BCUT2D eigenvalue weighted by Gasteiger charge is -2.22. The number of methoxy groups -OCH3 is 1. The normalized spacial score (nSPS) is 21.7. The zero-order valence-electron chi connectivity index (χ0n) is 17.4. The molecular weight excluding hydrogens is 378 g/mol. The summed E-state index contributed by atoms with van der Waals surface area (Å²) in [6.45, 7) is 5.12. The third-order valence-electron chi connectivity index (χ3n) is 5.38. The average molecular weight is 403 g/mol. The maximum atomic E-state index is 9.31. The lowest BCUT2D eigenvalue weighted by Crippen LogP contribution is -2.44. The lowest BCUT2D eigenvalue weighted by atomic mass is 10.1. The Morgan fingerprint density at radius 3 is 2.83 bits per heavy atom. The van der Waals surface area contributed by atoms with Crippen LogP contribution in [0.1, 0.15) is 25.8 Å². The van der Waals surface area contributed by atoms with E-state index in [4.69, 9.17) is 18.9 Å². The van der Waals surface area contributed by atoms with E-state index in [-0.39, 0.29) is 11.8 Å². The van der Waals surface area contributed by atoms with E-state index in [2.05, 4.69) is 11.4 Å². The van der Waals surface area contributed by atoms with Crippen LogP contribution in [0.15, 0.2) is 57.9 Å². The Kier molecular flexibility index (Phi) is 5.58. The minimum atomic E-state index is -0.241. The number of furan rings is 1. The monoisotopic (exact) mass is 403 g/mol. The molecule has 6 heteroatoms. The van der Waals surface area contributed by atoms with Crippen molar-refractivity contribution in [1.29, 1.82) is 5.26 Å². The van der Waals surface area contributed by atoms with Gasteiger partial charge in [-0.05, 0) is 36.4 Å². The number of nitriles is 1. The number of aliphatic imine (C=N–C) groups is 1. The molecule has 6 nitrogen and oxygen atoms in total. The molecule has 5 rings (SSSR count). The summed E-state index contributed by atoms with van der Waals surface area (Å²) in [5, 5.41) is 13.6. The van der Waals surface area contributed by atoms with Gasteiger partial charge in [0.05, 0.1) is 23.4 Å². The summed E-state index contributed by atoms with van der Waals surface area (Å²) in [6.07, 6.45) is 0.918. The molecule has 2 aliphatic rings. The zero-order valence-corrected chi connectivity index (χ0v) is 17.4. The van der Waals surface area contributed by atoms with Crippen LogP contribution in [-0.4, -0.2) is 37.7 Å². The van der Waals surface area contributed by atoms with Gasteiger partial charge >= 0.3 is 0 Å². The van der Waals surface area contributed by atoms with Crippen molar-refractivity contribution in [3.63, 3.8) is 0 Å². The summed E-state index contributed by atoms with van der Waals surface area (Å²) in [7, 11) is 1.72. The number of benzene rings is 2. The Morgan fingerprint density at radius 1 is 1.23 bits per heavy atom. The minimum absolute atomic E-state index is 0.198. The van der Waals surface area contributed by atoms with E-state index in [0.29, 0.717) is 24.5 Å². The van der Waals surface area contributed by atoms with Crippen LogP contribution in [0.2, 0.25) is 0 Å². The molecule has 1 aromatic heterocycles. The first-order valence-electron chi connectivity index (χ1n) is 10.2. The molecule has 154 valence electrons. The Bertz CT molecular complexity index is 1130. The number of ether oxygens (including phenoxy) is 2. The fourth-order valence-electron chi connectivity index (χ4n) is 3.67. The fraction of sp³-hybridized carbons (Fsp3) is 0.333. The summed E-state index contributed by atoms with van der Waals surface area (Å²) in [6, 6.07) is 17.5. The number of nitrogens with one attached hydrogen (secondary N) is 1. The number of nitrogens with zero attached hydrogens (tertiary/aromatic N) is 2. The Labute approximate surface area is 176 Å². The van der Waals surface area contributed by atoms with Gasteiger partial charge in [0.25, 0.3) is 0 Å². The standard InChI is InChI=1S/C22H19N3O3.C2H6/c1-26-22-10-21(22)25-16(12-24-22)13-27-17-6-7-19-15(8-17)9-20(28-19)18-5-3-2-4-14(18)11-23;1-2/h2-9,21,24H,10,12-13H2,1H3;1-2H3. The van der Waals surface area contributed by atoms with Crippen LogP contribution in [0.3, 0.4) is 0 Å². The third kappa shape index (κ3) is 3.70. The molecule has 0 amide bonds. The highest BCUT2D eigenvalue weighted by molar-refractivity contribution is 5.89. The molecule has 2 unspecified atom stereocenters. The van der Waals surface area contributed by atoms with Gasteiger partial charge in [-0.2, -0.15) is 5.26 Å². The van der Waals surface area contributed by atoms with Gasteiger partial charge in [-0.15, -0.1) is 0 Å². The van der Waals surface area contributed by atoms with Gasteiger partial charge in [-0.25, -0.2) is 0 Å². The van der Waals surface area contributed by atoms with E-state index in [1.165, 1.54) is 0 Å². The Hall–Kier alpha value is -3.14. The van der Waals surface area contributed by atoms with Crippen LogP contribution in [0.4, 0.5) is 0 Å². The van der Waals surface area contributed by atoms with Gasteiger partial charge < -0.3 is 13.9 Å². The van der Waals surface area contributed by atoms with Crippen LogP contribution >= 0.6 is 0 Å². The average Bonchev–Trinajstić information content (AvgIpc) is 3.39. The van der Waals surface area contributed by atoms with Gasteiger partial charge in [0.1, 0.15) is 29.4 Å². The molecule has 0 bridgehead atoms. The van der Waals surface area contributed by atoms with Crippen molar-refractivity contribution in [3.8, 4) is 23.1 Å². The highest BCUT2D eigenvalue weighted by Crippen LogP contribution is 2.41. The van der Waals surface area contributed by atoms with Crippen molar-refractivity contribution in [2.24, 2.45) is 4.99 Å². The van der Waals surface area contributed by atoms with Crippen LogP contribution < -0.4 is 10.1 Å². The van der Waals surface area contributed by atoms with Crippen LogP contribution in [0.5, 0.6) is 5.75 Å².